The smallest absolute Gasteiger partial charge is 0.330 e. The van der Waals surface area contributed by atoms with Gasteiger partial charge in [0.15, 0.2) is 11.5 Å². The van der Waals surface area contributed by atoms with Crippen LogP contribution in [0.2, 0.25) is 0 Å². The van der Waals surface area contributed by atoms with Gasteiger partial charge in [-0.2, -0.15) is 8.42 Å². The van der Waals surface area contributed by atoms with Gasteiger partial charge >= 0.3 is 5.97 Å². The summed E-state index contributed by atoms with van der Waals surface area (Å²) in [6.07, 6.45) is -3.00. The fraction of sp³-hybridized carbons (Fsp3) is 0.545. The summed E-state index contributed by atoms with van der Waals surface area (Å²) in [6, 6.07) is 2.97. The number of methoxy groups -OCH3 is 2. The molecule has 220 valence electrons. The molecule has 1 aromatic carbocycles. The molecule has 1 heterocycles. The molecule has 1 aromatic rings. The van der Waals surface area contributed by atoms with E-state index in [1.54, 1.807) is 0 Å². The fourth-order valence-corrected chi connectivity index (χ4v) is 4.62. The summed E-state index contributed by atoms with van der Waals surface area (Å²) < 4.78 is 56.9. The molecule has 39 heavy (non-hydrogen) atoms. The first-order chi connectivity index (χ1) is 18.4. The van der Waals surface area contributed by atoms with E-state index < -0.39 is 52.8 Å². The third-order valence-electron chi connectivity index (χ3n) is 5.27. The van der Waals surface area contributed by atoms with Gasteiger partial charge in [-0.3, -0.25) is 4.28 Å². The highest BCUT2D eigenvalue weighted by molar-refractivity contribution is 8.14. The van der Waals surface area contributed by atoms with Crippen LogP contribution in [0.25, 0.3) is 6.08 Å². The van der Waals surface area contributed by atoms with Gasteiger partial charge in [-0.25, -0.2) is 4.79 Å². The zero-order valence-corrected chi connectivity index (χ0v) is 22.5. The van der Waals surface area contributed by atoms with Crippen LogP contribution in [0.1, 0.15) is 24.8 Å². The number of benzene rings is 1. The van der Waals surface area contributed by atoms with Crippen LogP contribution >= 0.6 is 11.8 Å². The second kappa shape index (κ2) is 15.2. The van der Waals surface area contributed by atoms with Crippen molar-refractivity contribution in [2.75, 3.05) is 27.4 Å². The number of aliphatic hydroxyl groups excluding tert-OH is 4. The third-order valence-corrected chi connectivity index (χ3v) is 6.70. The van der Waals surface area contributed by atoms with E-state index in [0.717, 1.165) is 6.08 Å². The van der Waals surface area contributed by atoms with Gasteiger partial charge in [0.05, 0.1) is 27.4 Å². The molecule has 1 fully saturated rings. The number of oxime groups is 1. The van der Waals surface area contributed by atoms with Crippen LogP contribution in [0, 0.1) is 0 Å². The van der Waals surface area contributed by atoms with Gasteiger partial charge in [-0.05, 0) is 43.0 Å². The lowest BCUT2D eigenvalue weighted by molar-refractivity contribution is -0.205. The van der Waals surface area contributed by atoms with Crippen LogP contribution in [-0.4, -0.2) is 107 Å². The lowest BCUT2D eigenvalue weighted by Gasteiger charge is -2.39. The molecule has 15 nitrogen and oxygen atoms in total. The van der Waals surface area contributed by atoms with E-state index >= 15 is 0 Å². The molecule has 0 spiro atoms. The van der Waals surface area contributed by atoms with E-state index in [1.807, 2.05) is 0 Å². The predicted molar refractivity (Wildman–Crippen MR) is 135 cm³/mol. The Hall–Kier alpha value is -2.64. The van der Waals surface area contributed by atoms with Gasteiger partial charge < -0.3 is 49.0 Å². The molecule has 0 bridgehead atoms. The van der Waals surface area contributed by atoms with Crippen LogP contribution in [0.4, 0.5) is 0 Å². The van der Waals surface area contributed by atoms with Gasteiger partial charge in [0.2, 0.25) is 5.75 Å². The first-order valence-electron chi connectivity index (χ1n) is 11.4. The van der Waals surface area contributed by atoms with Crippen molar-refractivity contribution < 1.29 is 66.5 Å². The van der Waals surface area contributed by atoms with Gasteiger partial charge in [-0.15, -0.1) is 0 Å². The lowest BCUT2D eigenvalue weighted by atomic mass is 10.0. The van der Waals surface area contributed by atoms with Crippen molar-refractivity contribution in [1.82, 2.24) is 0 Å². The summed E-state index contributed by atoms with van der Waals surface area (Å²) in [5, 5.41) is 52.4. The highest BCUT2D eigenvalue weighted by Crippen LogP contribution is 2.37. The van der Waals surface area contributed by atoms with Crippen molar-refractivity contribution in [3.63, 3.8) is 0 Å². The maximum Gasteiger partial charge on any atom is 0.330 e. The summed E-state index contributed by atoms with van der Waals surface area (Å²) in [4.78, 5) is 12.0. The summed E-state index contributed by atoms with van der Waals surface area (Å²) >= 11 is 0.626. The number of phenolic OH excluding ortho intramolecular Hbond substituents is 1. The topological polar surface area (TPSA) is 234 Å². The Balaban J connectivity index is 1.91. The number of unbranched alkanes of at least 4 members (excludes halogenated alkanes) is 1. The summed E-state index contributed by atoms with van der Waals surface area (Å²) in [5.41, 5.74) is -0.782. The summed E-state index contributed by atoms with van der Waals surface area (Å²) in [5.74, 6) is -0.567. The second-order valence-corrected chi connectivity index (χ2v) is 10.2. The third kappa shape index (κ3) is 10.1. The molecule has 5 atom stereocenters. The van der Waals surface area contributed by atoms with E-state index in [-0.39, 0.29) is 48.2 Å². The minimum absolute atomic E-state index is 0.00427. The first kappa shape index (κ1) is 32.6. The Morgan fingerprint density at radius 1 is 1.13 bits per heavy atom. The first-order valence-corrected chi connectivity index (χ1v) is 13.6. The molecule has 0 unspecified atom stereocenters. The molecule has 0 aromatic heterocycles. The highest BCUT2D eigenvalue weighted by atomic mass is 32.3. The van der Waals surface area contributed by atoms with Gasteiger partial charge in [0.1, 0.15) is 34.9 Å². The van der Waals surface area contributed by atoms with Crippen molar-refractivity contribution in [2.45, 2.75) is 49.1 Å². The highest BCUT2D eigenvalue weighted by Gasteiger charge is 2.44. The Morgan fingerprint density at radius 2 is 1.77 bits per heavy atom. The number of hydrogen-bond acceptors (Lipinski definition) is 16. The zero-order chi connectivity index (χ0) is 29.2. The molecule has 0 radical (unpaired) electrons. The number of ether oxygens (including phenoxy) is 4. The lowest BCUT2D eigenvalue weighted by Crippen LogP contribution is -2.57. The number of aromatic hydroxyl groups is 1. The normalized spacial score (nSPS) is 24.0. The van der Waals surface area contributed by atoms with Crippen molar-refractivity contribution in [2.24, 2.45) is 5.16 Å². The van der Waals surface area contributed by atoms with Crippen LogP contribution in [0.5, 0.6) is 17.2 Å². The second-order valence-electron chi connectivity index (χ2n) is 8.01. The van der Waals surface area contributed by atoms with Crippen LogP contribution < -0.4 is 9.47 Å². The van der Waals surface area contributed by atoms with Crippen molar-refractivity contribution in [1.29, 1.82) is 0 Å². The summed E-state index contributed by atoms with van der Waals surface area (Å²) in [6.45, 7) is -0.711. The van der Waals surface area contributed by atoms with E-state index in [1.165, 1.54) is 32.4 Å². The average molecular weight is 597 g/mol. The van der Waals surface area contributed by atoms with Gasteiger partial charge in [0, 0.05) is 6.08 Å². The van der Waals surface area contributed by atoms with Crippen LogP contribution in [0.3, 0.4) is 0 Å². The molecular formula is C22H30NO14S2-. The Labute approximate surface area is 228 Å². The van der Waals surface area contributed by atoms with Crippen molar-refractivity contribution in [3.05, 3.63) is 23.8 Å². The Morgan fingerprint density at radius 3 is 2.33 bits per heavy atom. The Bertz CT molecular complexity index is 1100. The number of esters is 1. The quantitative estimate of drug-likeness (QED) is 0.0281. The SMILES string of the molecule is COc1cc(/C=C/C(=O)OCCCC/C(=N\OS(=O)(=O)[O-])S[C@@H]2O[C@H](CO)[C@@H](O)[C@H](O)[C@H]2O)cc(OC)c1O. The number of nitrogens with zero attached hydrogens (tertiary/aromatic N) is 1. The number of phenols is 1. The Kier molecular flexibility index (Phi) is 12.7. The number of thioether (sulfide) groups is 1. The summed E-state index contributed by atoms with van der Waals surface area (Å²) in [7, 11) is -2.46. The molecule has 1 aliphatic heterocycles. The minimum Gasteiger partial charge on any atom is -0.714 e. The van der Waals surface area contributed by atoms with Crippen molar-refractivity contribution in [3.8, 4) is 17.2 Å². The van der Waals surface area contributed by atoms with E-state index in [2.05, 4.69) is 9.44 Å². The number of aliphatic hydroxyl groups is 4. The molecule has 0 amide bonds. The molecule has 0 saturated carbocycles. The molecule has 5 N–H and O–H groups in total. The van der Waals surface area contributed by atoms with E-state index in [9.17, 15) is 43.3 Å². The number of hydrogen-bond donors (Lipinski definition) is 5. The molecular weight excluding hydrogens is 566 g/mol. The van der Waals surface area contributed by atoms with E-state index in [4.69, 9.17) is 18.9 Å². The molecule has 1 aliphatic rings. The largest absolute Gasteiger partial charge is 0.714 e. The van der Waals surface area contributed by atoms with Gasteiger partial charge in [-0.1, -0.05) is 16.9 Å². The van der Waals surface area contributed by atoms with Crippen LogP contribution in [0.15, 0.2) is 23.4 Å². The van der Waals surface area contributed by atoms with E-state index in [0.29, 0.717) is 17.3 Å². The standard InChI is InChI=1S/C22H31NO14S2/c1-33-13-9-12(10-14(34-2)18(13)26)6-7-17(25)35-8-4-3-5-16(23-37-39(30,31)32)38-22-21(29)20(28)19(27)15(11-24)36-22/h6-7,9-10,15,19-22,24,26-29H,3-5,8,11H2,1-2H3,(H,30,31,32)/p-1/b7-6+,23-16+/t15-,19-,20+,21-,22+/m1/s1. The van der Waals surface area contributed by atoms with Crippen molar-refractivity contribution >= 4 is 39.2 Å². The maximum atomic E-state index is 12.0. The number of rotatable bonds is 13. The van der Waals surface area contributed by atoms with Gasteiger partial charge in [0.25, 0.3) is 10.4 Å². The zero-order valence-electron chi connectivity index (χ0n) is 20.9. The monoisotopic (exact) mass is 596 g/mol. The average Bonchev–Trinajstić information content (AvgIpc) is 2.90. The molecule has 1 saturated heterocycles. The maximum absolute atomic E-state index is 12.0. The van der Waals surface area contributed by atoms with Crippen LogP contribution in [-0.2, 0) is 29.0 Å². The predicted octanol–water partition coefficient (Wildman–Crippen LogP) is -0.540. The fourth-order valence-electron chi connectivity index (χ4n) is 3.29. The molecule has 2 rings (SSSR count). The molecule has 0 aliphatic carbocycles. The minimum atomic E-state index is -5.19. The number of carbonyl (C=O) groups excluding carboxylic acids is 1. The number of carbonyl (C=O) groups is 1. The molecule has 17 heteroatoms.